The van der Waals surface area contributed by atoms with Crippen molar-refractivity contribution in [1.29, 1.82) is 0 Å². The van der Waals surface area contributed by atoms with Crippen LogP contribution in [0, 0.1) is 0 Å². The molecule has 0 saturated heterocycles. The van der Waals surface area contributed by atoms with Crippen LogP contribution in [0.2, 0.25) is 0 Å². The monoisotopic (exact) mass is 280 g/mol. The van der Waals surface area contributed by atoms with Gasteiger partial charge >= 0.3 is 5.69 Å². The number of rotatable bonds is 4. The van der Waals surface area contributed by atoms with Gasteiger partial charge in [0.25, 0.3) is 5.56 Å². The van der Waals surface area contributed by atoms with E-state index < -0.39 is 11.2 Å². The first-order chi connectivity index (χ1) is 9.08. The number of thioether (sulfide) groups is 1. The summed E-state index contributed by atoms with van der Waals surface area (Å²) in [6.45, 7) is 2.60. The number of nitrogens with one attached hydrogen (secondary N) is 1. The molecule has 102 valence electrons. The molecule has 2 rings (SSSR count). The minimum Gasteiger partial charge on any atom is -0.383 e. The van der Waals surface area contributed by atoms with Gasteiger partial charge in [-0.2, -0.15) is 0 Å². The maximum atomic E-state index is 11.9. The van der Waals surface area contributed by atoms with Crippen LogP contribution in [0.1, 0.15) is 19.8 Å². The van der Waals surface area contributed by atoms with Gasteiger partial charge in [0.05, 0.1) is 5.52 Å². The predicted octanol–water partition coefficient (Wildman–Crippen LogP) is 1.19. The molecule has 0 aromatic carbocycles. The lowest BCUT2D eigenvalue weighted by atomic mass is 10.2. The van der Waals surface area contributed by atoms with Crippen LogP contribution in [0.5, 0.6) is 0 Å². The molecule has 0 aliphatic rings. The molecule has 0 aliphatic heterocycles. The highest BCUT2D eigenvalue weighted by Crippen LogP contribution is 2.21. The molecule has 0 radical (unpaired) electrons. The Bertz CT molecular complexity index is 720. The first-order valence-corrected chi connectivity index (χ1v) is 7.28. The van der Waals surface area contributed by atoms with Crippen molar-refractivity contribution in [2.45, 2.75) is 31.3 Å². The quantitative estimate of drug-likeness (QED) is 0.820. The third kappa shape index (κ3) is 2.51. The van der Waals surface area contributed by atoms with E-state index in [-0.39, 0.29) is 11.2 Å². The molecular formula is C12H16N4O2S. The smallest absolute Gasteiger partial charge is 0.328 e. The van der Waals surface area contributed by atoms with Crippen LogP contribution in [0.3, 0.4) is 0 Å². The van der Waals surface area contributed by atoms with E-state index in [4.69, 9.17) is 5.73 Å². The largest absolute Gasteiger partial charge is 0.383 e. The molecule has 0 atom stereocenters. The average molecular weight is 280 g/mol. The Kier molecular flexibility index (Phi) is 3.94. The van der Waals surface area contributed by atoms with Crippen LogP contribution >= 0.6 is 11.8 Å². The van der Waals surface area contributed by atoms with Crippen molar-refractivity contribution in [2.24, 2.45) is 0 Å². The van der Waals surface area contributed by atoms with E-state index in [1.54, 1.807) is 10.6 Å². The molecule has 6 nitrogen and oxygen atoms in total. The zero-order valence-corrected chi connectivity index (χ0v) is 11.7. The third-order valence-electron chi connectivity index (χ3n) is 2.93. The van der Waals surface area contributed by atoms with Crippen molar-refractivity contribution < 1.29 is 0 Å². The summed E-state index contributed by atoms with van der Waals surface area (Å²) in [6, 6.07) is 1.74. The molecule has 0 unspecified atom stereocenters. The Morgan fingerprint density at radius 1 is 1.47 bits per heavy atom. The number of unbranched alkanes of at least 4 members (excludes halogenated alkanes) is 1. The number of hydrogen-bond acceptors (Lipinski definition) is 5. The van der Waals surface area contributed by atoms with Crippen molar-refractivity contribution >= 4 is 28.5 Å². The summed E-state index contributed by atoms with van der Waals surface area (Å²) >= 11 is 1.42. The van der Waals surface area contributed by atoms with Crippen LogP contribution in [-0.2, 0) is 6.54 Å². The number of aromatic amines is 1. The topological polar surface area (TPSA) is 93.8 Å². The van der Waals surface area contributed by atoms with Crippen LogP contribution in [0.4, 0.5) is 5.82 Å². The first kappa shape index (κ1) is 13.7. The standard InChI is InChI=1S/C12H16N4O2S/c1-3-4-5-16-7-6-8(19-2)14-10(13)9(7)11(17)15-12(16)18/h6H,3-5H2,1-2H3,(H2,13,14)(H,15,17,18). The maximum absolute atomic E-state index is 11.9. The highest BCUT2D eigenvalue weighted by Gasteiger charge is 2.12. The molecule has 19 heavy (non-hydrogen) atoms. The summed E-state index contributed by atoms with van der Waals surface area (Å²) in [5.74, 6) is 0.161. The minimum atomic E-state index is -0.481. The zero-order chi connectivity index (χ0) is 14.0. The van der Waals surface area contributed by atoms with E-state index >= 15 is 0 Å². The van der Waals surface area contributed by atoms with E-state index in [1.807, 2.05) is 13.2 Å². The molecule has 3 N–H and O–H groups in total. The molecule has 7 heteroatoms. The van der Waals surface area contributed by atoms with Gasteiger partial charge in [0.2, 0.25) is 0 Å². The van der Waals surface area contributed by atoms with Crippen molar-refractivity contribution in [3.8, 4) is 0 Å². The molecule has 0 fully saturated rings. The van der Waals surface area contributed by atoms with Crippen molar-refractivity contribution in [1.82, 2.24) is 14.5 Å². The summed E-state index contributed by atoms with van der Waals surface area (Å²) in [4.78, 5) is 30.2. The minimum absolute atomic E-state index is 0.161. The van der Waals surface area contributed by atoms with Gasteiger partial charge < -0.3 is 5.73 Å². The Balaban J connectivity index is 2.82. The first-order valence-electron chi connectivity index (χ1n) is 6.05. The van der Waals surface area contributed by atoms with Gasteiger partial charge in [-0.05, 0) is 18.7 Å². The summed E-state index contributed by atoms with van der Waals surface area (Å²) in [7, 11) is 0. The predicted molar refractivity (Wildman–Crippen MR) is 77.7 cm³/mol. The second kappa shape index (κ2) is 5.48. The van der Waals surface area contributed by atoms with Gasteiger partial charge in [-0.3, -0.25) is 14.3 Å². The van der Waals surface area contributed by atoms with Crippen molar-refractivity contribution in [3.63, 3.8) is 0 Å². The summed E-state index contributed by atoms with van der Waals surface area (Å²) < 4.78 is 1.55. The van der Waals surface area contributed by atoms with Gasteiger partial charge in [0, 0.05) is 6.54 Å². The van der Waals surface area contributed by atoms with E-state index in [0.717, 1.165) is 12.8 Å². The van der Waals surface area contributed by atoms with Gasteiger partial charge in [-0.25, -0.2) is 9.78 Å². The fraction of sp³-hybridized carbons (Fsp3) is 0.417. The molecule has 0 bridgehead atoms. The van der Waals surface area contributed by atoms with E-state index in [2.05, 4.69) is 9.97 Å². The number of pyridine rings is 1. The van der Waals surface area contributed by atoms with E-state index in [9.17, 15) is 9.59 Å². The molecule has 0 aliphatic carbocycles. The van der Waals surface area contributed by atoms with Gasteiger partial charge in [0.1, 0.15) is 16.2 Å². The fourth-order valence-electron chi connectivity index (χ4n) is 1.95. The number of anilines is 1. The lowest BCUT2D eigenvalue weighted by molar-refractivity contribution is 0.616. The molecule has 0 amide bonds. The lowest BCUT2D eigenvalue weighted by Gasteiger charge is -2.10. The van der Waals surface area contributed by atoms with Gasteiger partial charge in [-0.15, -0.1) is 11.8 Å². The molecule has 0 spiro atoms. The average Bonchev–Trinajstić information content (AvgIpc) is 2.37. The SMILES string of the molecule is CCCCn1c(=O)[nH]c(=O)c2c(N)nc(SC)cc21. The number of hydrogen-bond donors (Lipinski definition) is 2. The number of H-pyrrole nitrogens is 1. The van der Waals surface area contributed by atoms with Gasteiger partial charge in [-0.1, -0.05) is 13.3 Å². The molecular weight excluding hydrogens is 264 g/mol. The second-order valence-electron chi connectivity index (χ2n) is 4.21. The number of aryl methyl sites for hydroxylation is 1. The van der Waals surface area contributed by atoms with Crippen LogP contribution in [0.25, 0.3) is 10.9 Å². The van der Waals surface area contributed by atoms with Gasteiger partial charge in [0.15, 0.2) is 0 Å². The Morgan fingerprint density at radius 2 is 2.21 bits per heavy atom. The Morgan fingerprint density at radius 3 is 2.84 bits per heavy atom. The number of nitrogens with two attached hydrogens (primary N) is 1. The zero-order valence-electron chi connectivity index (χ0n) is 10.9. The molecule has 0 saturated carbocycles. The molecule has 2 aromatic rings. The highest BCUT2D eigenvalue weighted by atomic mass is 32.2. The van der Waals surface area contributed by atoms with Crippen molar-refractivity contribution in [3.05, 3.63) is 26.9 Å². The maximum Gasteiger partial charge on any atom is 0.328 e. The number of fused-ring (bicyclic) bond motifs is 1. The number of nitrogen functional groups attached to an aromatic ring is 1. The Labute approximate surface area is 114 Å². The van der Waals surface area contributed by atoms with E-state index in [1.165, 1.54) is 11.8 Å². The lowest BCUT2D eigenvalue weighted by Crippen LogP contribution is -2.31. The van der Waals surface area contributed by atoms with Crippen LogP contribution in [-0.4, -0.2) is 20.8 Å². The fourth-order valence-corrected chi connectivity index (χ4v) is 2.37. The van der Waals surface area contributed by atoms with Crippen LogP contribution in [0.15, 0.2) is 20.7 Å². The van der Waals surface area contributed by atoms with Crippen LogP contribution < -0.4 is 17.0 Å². The van der Waals surface area contributed by atoms with E-state index in [0.29, 0.717) is 17.1 Å². The Hall–Kier alpha value is -1.76. The summed E-state index contributed by atoms with van der Waals surface area (Å²) in [5, 5.41) is 0.980. The number of nitrogens with zero attached hydrogens (tertiary/aromatic N) is 2. The number of aromatic nitrogens is 3. The molecule has 2 heterocycles. The summed E-state index contributed by atoms with van der Waals surface area (Å²) in [5.41, 5.74) is 5.50. The second-order valence-corrected chi connectivity index (χ2v) is 5.03. The summed E-state index contributed by atoms with van der Waals surface area (Å²) in [6.07, 6.45) is 3.69. The molecule has 2 aromatic heterocycles. The third-order valence-corrected chi connectivity index (χ3v) is 3.56. The normalized spacial score (nSPS) is 11.1. The highest BCUT2D eigenvalue weighted by molar-refractivity contribution is 7.98. The van der Waals surface area contributed by atoms with Crippen molar-refractivity contribution in [2.75, 3.05) is 12.0 Å².